The van der Waals surface area contributed by atoms with Crippen molar-refractivity contribution >= 4 is 11.4 Å². The molecule has 0 atom stereocenters. The van der Waals surface area contributed by atoms with Crippen LogP contribution in [-0.4, -0.2) is 14.2 Å². The molecule has 0 radical (unpaired) electrons. The highest BCUT2D eigenvalue weighted by molar-refractivity contribution is 5.99. The molecule has 0 aliphatic carbocycles. The van der Waals surface area contributed by atoms with E-state index in [1.165, 1.54) is 0 Å². The summed E-state index contributed by atoms with van der Waals surface area (Å²) in [5, 5.41) is 0. The summed E-state index contributed by atoms with van der Waals surface area (Å²) in [6, 6.07) is 27.9. The van der Waals surface area contributed by atoms with E-state index in [0.29, 0.717) is 5.69 Å². The molecule has 30 heavy (non-hydrogen) atoms. The van der Waals surface area contributed by atoms with E-state index in [2.05, 4.69) is 18.2 Å². The fourth-order valence-electron chi connectivity index (χ4n) is 3.65. The van der Waals surface area contributed by atoms with Crippen molar-refractivity contribution in [2.24, 2.45) is 0 Å². The Morgan fingerprint density at radius 3 is 1.47 bits per heavy atom. The standard InChI is InChI=1S/C26H24N2O2/c1-29-21-11-5-18(6-12-21)25-23(17-3-9-20(27)10-4-17)15-16-24(28)26(25)19-7-13-22(30-2)14-8-19/h3-16H,27-28H2,1-2H3. The summed E-state index contributed by atoms with van der Waals surface area (Å²) in [5.41, 5.74) is 20.2. The number of nitrogens with two attached hydrogens (primary N) is 2. The molecule has 0 aromatic heterocycles. The summed E-state index contributed by atoms with van der Waals surface area (Å²) >= 11 is 0. The molecule has 150 valence electrons. The molecule has 0 unspecified atom stereocenters. The molecule has 0 amide bonds. The molecule has 0 heterocycles. The largest absolute Gasteiger partial charge is 0.497 e. The first-order valence-electron chi connectivity index (χ1n) is 9.68. The minimum atomic E-state index is 0.713. The van der Waals surface area contributed by atoms with E-state index < -0.39 is 0 Å². The predicted octanol–water partition coefficient (Wildman–Crippen LogP) is 5.87. The second kappa shape index (κ2) is 8.21. The lowest BCUT2D eigenvalue weighted by molar-refractivity contribution is 0.414. The van der Waals surface area contributed by atoms with Gasteiger partial charge in [-0.3, -0.25) is 0 Å². The van der Waals surface area contributed by atoms with Gasteiger partial charge in [0.25, 0.3) is 0 Å². The Morgan fingerprint density at radius 2 is 0.967 bits per heavy atom. The van der Waals surface area contributed by atoms with Crippen molar-refractivity contribution in [3.8, 4) is 44.9 Å². The van der Waals surface area contributed by atoms with E-state index in [0.717, 1.165) is 50.6 Å². The third kappa shape index (κ3) is 3.67. The van der Waals surface area contributed by atoms with Gasteiger partial charge in [-0.05, 0) is 70.3 Å². The molecule has 4 aromatic rings. The maximum Gasteiger partial charge on any atom is 0.118 e. The van der Waals surface area contributed by atoms with Crippen LogP contribution in [0.4, 0.5) is 11.4 Å². The Hall–Kier alpha value is -3.92. The summed E-state index contributed by atoms with van der Waals surface area (Å²) in [5.74, 6) is 1.61. The fraction of sp³-hybridized carbons (Fsp3) is 0.0769. The molecule has 4 nitrogen and oxygen atoms in total. The molecular formula is C26H24N2O2. The highest BCUT2D eigenvalue weighted by Crippen LogP contribution is 2.44. The Morgan fingerprint density at radius 1 is 0.500 bits per heavy atom. The molecule has 0 bridgehead atoms. The SMILES string of the molecule is COc1ccc(-c2c(N)ccc(-c3ccc(N)cc3)c2-c2ccc(OC)cc2)cc1. The molecule has 0 saturated carbocycles. The Labute approximate surface area is 176 Å². The maximum absolute atomic E-state index is 6.51. The lowest BCUT2D eigenvalue weighted by Gasteiger charge is -2.19. The van der Waals surface area contributed by atoms with E-state index >= 15 is 0 Å². The van der Waals surface area contributed by atoms with Crippen molar-refractivity contribution in [3.63, 3.8) is 0 Å². The van der Waals surface area contributed by atoms with Crippen LogP contribution in [0.15, 0.2) is 84.9 Å². The van der Waals surface area contributed by atoms with Gasteiger partial charge in [-0.1, -0.05) is 42.5 Å². The summed E-state index contributed by atoms with van der Waals surface area (Å²) in [4.78, 5) is 0. The van der Waals surface area contributed by atoms with Gasteiger partial charge < -0.3 is 20.9 Å². The third-order valence-corrected chi connectivity index (χ3v) is 5.22. The maximum atomic E-state index is 6.51. The first-order chi connectivity index (χ1) is 14.6. The van der Waals surface area contributed by atoms with E-state index in [9.17, 15) is 0 Å². The number of benzene rings is 4. The van der Waals surface area contributed by atoms with E-state index in [1.807, 2.05) is 66.7 Å². The Bertz CT molecular complexity index is 1150. The average molecular weight is 396 g/mol. The molecule has 0 aliphatic rings. The summed E-state index contributed by atoms with van der Waals surface area (Å²) < 4.78 is 10.7. The smallest absolute Gasteiger partial charge is 0.118 e. The quantitative estimate of drug-likeness (QED) is 0.414. The van der Waals surface area contributed by atoms with Gasteiger partial charge in [0.2, 0.25) is 0 Å². The molecular weight excluding hydrogens is 372 g/mol. The number of hydrogen-bond donors (Lipinski definition) is 2. The molecule has 0 spiro atoms. The lowest BCUT2D eigenvalue weighted by atomic mass is 9.86. The van der Waals surface area contributed by atoms with Gasteiger partial charge in [-0.25, -0.2) is 0 Å². The molecule has 4 N–H and O–H groups in total. The number of methoxy groups -OCH3 is 2. The summed E-state index contributed by atoms with van der Waals surface area (Å²) in [6.07, 6.45) is 0. The van der Waals surface area contributed by atoms with Crippen LogP contribution in [0.1, 0.15) is 0 Å². The predicted molar refractivity (Wildman–Crippen MR) is 125 cm³/mol. The second-order valence-electron chi connectivity index (χ2n) is 7.03. The zero-order valence-corrected chi connectivity index (χ0v) is 17.1. The minimum absolute atomic E-state index is 0.713. The van der Waals surface area contributed by atoms with Gasteiger partial charge in [0.05, 0.1) is 14.2 Å². The van der Waals surface area contributed by atoms with Crippen molar-refractivity contribution in [1.29, 1.82) is 0 Å². The van der Waals surface area contributed by atoms with E-state index in [-0.39, 0.29) is 0 Å². The van der Waals surface area contributed by atoms with Crippen molar-refractivity contribution in [2.75, 3.05) is 25.7 Å². The van der Waals surface area contributed by atoms with Crippen molar-refractivity contribution in [2.45, 2.75) is 0 Å². The molecule has 0 fully saturated rings. The van der Waals surface area contributed by atoms with Gasteiger partial charge in [0.15, 0.2) is 0 Å². The van der Waals surface area contributed by atoms with Crippen LogP contribution < -0.4 is 20.9 Å². The monoisotopic (exact) mass is 396 g/mol. The fourth-order valence-corrected chi connectivity index (χ4v) is 3.65. The number of anilines is 2. The molecule has 4 rings (SSSR count). The highest BCUT2D eigenvalue weighted by Gasteiger charge is 2.17. The Kier molecular flexibility index (Phi) is 5.31. The van der Waals surface area contributed by atoms with Gasteiger partial charge in [-0.2, -0.15) is 0 Å². The number of hydrogen-bond acceptors (Lipinski definition) is 4. The van der Waals surface area contributed by atoms with Gasteiger partial charge in [-0.15, -0.1) is 0 Å². The highest BCUT2D eigenvalue weighted by atomic mass is 16.5. The van der Waals surface area contributed by atoms with Crippen LogP contribution in [0.2, 0.25) is 0 Å². The average Bonchev–Trinajstić information content (AvgIpc) is 2.80. The van der Waals surface area contributed by atoms with Crippen molar-refractivity contribution in [1.82, 2.24) is 0 Å². The Balaban J connectivity index is 1.99. The van der Waals surface area contributed by atoms with Crippen molar-refractivity contribution in [3.05, 3.63) is 84.9 Å². The summed E-state index contributed by atoms with van der Waals surface area (Å²) in [7, 11) is 3.33. The first-order valence-corrected chi connectivity index (χ1v) is 9.68. The molecule has 4 aromatic carbocycles. The molecule has 4 heteroatoms. The van der Waals surface area contributed by atoms with E-state index in [1.54, 1.807) is 14.2 Å². The third-order valence-electron chi connectivity index (χ3n) is 5.22. The van der Waals surface area contributed by atoms with Crippen LogP contribution in [0.5, 0.6) is 11.5 Å². The van der Waals surface area contributed by atoms with Crippen LogP contribution in [0, 0.1) is 0 Å². The molecule has 0 aliphatic heterocycles. The van der Waals surface area contributed by atoms with Crippen LogP contribution in [-0.2, 0) is 0 Å². The summed E-state index contributed by atoms with van der Waals surface area (Å²) in [6.45, 7) is 0. The zero-order chi connectivity index (χ0) is 21.1. The van der Waals surface area contributed by atoms with Crippen LogP contribution in [0.25, 0.3) is 33.4 Å². The normalized spacial score (nSPS) is 10.6. The number of ether oxygens (including phenoxy) is 2. The number of rotatable bonds is 5. The molecule has 0 saturated heterocycles. The minimum Gasteiger partial charge on any atom is -0.497 e. The van der Waals surface area contributed by atoms with Gasteiger partial charge in [0.1, 0.15) is 11.5 Å². The van der Waals surface area contributed by atoms with Gasteiger partial charge in [0, 0.05) is 16.9 Å². The van der Waals surface area contributed by atoms with Crippen LogP contribution in [0.3, 0.4) is 0 Å². The zero-order valence-electron chi connectivity index (χ0n) is 17.1. The first kappa shape index (κ1) is 19.4. The van der Waals surface area contributed by atoms with E-state index in [4.69, 9.17) is 20.9 Å². The number of nitrogen functional groups attached to an aromatic ring is 2. The lowest BCUT2D eigenvalue weighted by Crippen LogP contribution is -1.97. The van der Waals surface area contributed by atoms with Gasteiger partial charge >= 0.3 is 0 Å². The second-order valence-corrected chi connectivity index (χ2v) is 7.03. The van der Waals surface area contributed by atoms with Crippen LogP contribution >= 0.6 is 0 Å². The van der Waals surface area contributed by atoms with Crippen molar-refractivity contribution < 1.29 is 9.47 Å². The topological polar surface area (TPSA) is 70.5 Å².